The minimum absolute atomic E-state index is 0.0935. The van der Waals surface area contributed by atoms with Gasteiger partial charge in [-0.2, -0.15) is 0 Å². The van der Waals surface area contributed by atoms with E-state index in [9.17, 15) is 4.79 Å². The van der Waals surface area contributed by atoms with Crippen LogP contribution < -0.4 is 10.2 Å². The van der Waals surface area contributed by atoms with E-state index >= 15 is 0 Å². The number of hydrogen-bond acceptors (Lipinski definition) is 4. The lowest BCUT2D eigenvalue weighted by atomic mass is 9.70. The Morgan fingerprint density at radius 3 is 2.55 bits per heavy atom. The van der Waals surface area contributed by atoms with Crippen molar-refractivity contribution in [1.29, 1.82) is 0 Å². The van der Waals surface area contributed by atoms with Gasteiger partial charge in [0.15, 0.2) is 0 Å². The van der Waals surface area contributed by atoms with E-state index in [0.717, 1.165) is 43.1 Å². The van der Waals surface area contributed by atoms with Crippen LogP contribution in [0, 0.1) is 0 Å². The average molecular weight is 412 g/mol. The first kappa shape index (κ1) is 19.3. The number of piperidine rings is 1. The van der Waals surface area contributed by atoms with Gasteiger partial charge in [0.25, 0.3) is 5.91 Å². The van der Waals surface area contributed by atoms with Crippen molar-refractivity contribution in [2.45, 2.75) is 18.3 Å². The summed E-state index contributed by atoms with van der Waals surface area (Å²) in [5, 5.41) is 2.68. The minimum Gasteiger partial charge on any atom is -0.357 e. The Labute approximate surface area is 181 Å². The first-order valence-corrected chi connectivity index (χ1v) is 10.6. The van der Waals surface area contributed by atoms with E-state index in [2.05, 4.69) is 56.1 Å². The van der Waals surface area contributed by atoms with Crippen molar-refractivity contribution in [3.8, 4) is 0 Å². The van der Waals surface area contributed by atoms with Crippen LogP contribution in [0.15, 0.2) is 79.3 Å². The second kappa shape index (κ2) is 7.87. The van der Waals surface area contributed by atoms with Crippen LogP contribution in [0.4, 0.5) is 5.82 Å². The summed E-state index contributed by atoms with van der Waals surface area (Å²) in [6.07, 6.45) is 7.77. The van der Waals surface area contributed by atoms with E-state index in [1.165, 1.54) is 5.56 Å². The van der Waals surface area contributed by atoms with Crippen LogP contribution in [0.1, 0.15) is 34.5 Å². The summed E-state index contributed by atoms with van der Waals surface area (Å²) in [5.74, 6) is 0.752. The molecule has 1 amide bonds. The molecule has 0 atom stereocenters. The van der Waals surface area contributed by atoms with Gasteiger partial charge in [0.1, 0.15) is 11.5 Å². The third kappa shape index (κ3) is 3.44. The molecule has 3 aromatic heterocycles. The van der Waals surface area contributed by atoms with Crippen LogP contribution in [0.25, 0.3) is 5.65 Å². The molecular weight excluding hydrogens is 386 g/mol. The Morgan fingerprint density at radius 1 is 1.03 bits per heavy atom. The summed E-state index contributed by atoms with van der Waals surface area (Å²) < 4.78 is 2.10. The number of imidazole rings is 1. The fourth-order valence-corrected chi connectivity index (χ4v) is 4.61. The summed E-state index contributed by atoms with van der Waals surface area (Å²) in [5.41, 5.74) is 3.85. The molecule has 156 valence electrons. The van der Waals surface area contributed by atoms with Crippen LogP contribution in [-0.2, 0) is 5.41 Å². The second-order valence-electron chi connectivity index (χ2n) is 8.01. The molecule has 6 heteroatoms. The number of aromatic nitrogens is 3. The van der Waals surface area contributed by atoms with Crippen molar-refractivity contribution >= 4 is 17.4 Å². The van der Waals surface area contributed by atoms with Crippen LogP contribution in [0.2, 0.25) is 0 Å². The van der Waals surface area contributed by atoms with Crippen molar-refractivity contribution in [3.05, 3.63) is 96.1 Å². The van der Waals surface area contributed by atoms with Crippen molar-refractivity contribution in [2.24, 2.45) is 0 Å². The highest BCUT2D eigenvalue weighted by atomic mass is 16.1. The molecule has 4 aromatic rings. The van der Waals surface area contributed by atoms with Crippen molar-refractivity contribution < 1.29 is 4.79 Å². The summed E-state index contributed by atoms with van der Waals surface area (Å²) >= 11 is 0. The lowest BCUT2D eigenvalue weighted by Crippen LogP contribution is -2.44. The van der Waals surface area contributed by atoms with Gasteiger partial charge >= 0.3 is 0 Å². The SMILES string of the molecule is CNC(=O)c1ccnc(N2CCC(c3ccccc3)(c3cn4ccccc4n3)CC2)c1. The standard InChI is InChI=1S/C25H25N5O/c1-26-24(31)19-10-13-27-23(17-19)29-15-11-25(12-16-29,20-7-3-2-4-8-20)21-18-30-14-6-5-9-22(30)28-21/h2-10,13-14,17-18H,11-12,15-16H2,1H3,(H,26,31). The number of rotatable bonds is 4. The second-order valence-corrected chi connectivity index (χ2v) is 8.01. The quantitative estimate of drug-likeness (QED) is 0.557. The zero-order valence-corrected chi connectivity index (χ0v) is 17.5. The van der Waals surface area contributed by atoms with E-state index in [4.69, 9.17) is 4.98 Å². The molecule has 1 N–H and O–H groups in total. The number of carbonyl (C=O) groups is 1. The van der Waals surface area contributed by atoms with Gasteiger partial charge in [0.05, 0.1) is 5.69 Å². The molecule has 0 radical (unpaired) electrons. The number of anilines is 1. The zero-order valence-electron chi connectivity index (χ0n) is 17.5. The number of amides is 1. The largest absolute Gasteiger partial charge is 0.357 e. The number of benzene rings is 1. The maximum Gasteiger partial charge on any atom is 0.251 e. The molecule has 31 heavy (non-hydrogen) atoms. The van der Waals surface area contributed by atoms with Crippen LogP contribution in [0.5, 0.6) is 0 Å². The van der Waals surface area contributed by atoms with E-state index in [0.29, 0.717) is 5.56 Å². The van der Waals surface area contributed by atoms with E-state index in [1.807, 2.05) is 30.5 Å². The van der Waals surface area contributed by atoms with Gasteiger partial charge < -0.3 is 14.6 Å². The minimum atomic E-state index is -0.151. The molecule has 1 aliphatic rings. The van der Waals surface area contributed by atoms with E-state index in [1.54, 1.807) is 19.3 Å². The van der Waals surface area contributed by atoms with Gasteiger partial charge in [0, 0.05) is 49.7 Å². The highest BCUT2D eigenvalue weighted by Gasteiger charge is 2.40. The zero-order chi connectivity index (χ0) is 21.3. The Hall–Kier alpha value is -3.67. The molecule has 0 spiro atoms. The number of fused-ring (bicyclic) bond motifs is 1. The highest BCUT2D eigenvalue weighted by Crippen LogP contribution is 2.42. The fourth-order valence-electron chi connectivity index (χ4n) is 4.61. The summed E-state index contributed by atoms with van der Waals surface area (Å²) in [6, 6.07) is 20.4. The maximum atomic E-state index is 12.0. The monoisotopic (exact) mass is 411 g/mol. The molecule has 1 aliphatic heterocycles. The Bertz CT molecular complexity index is 1180. The first-order chi connectivity index (χ1) is 15.2. The van der Waals surface area contributed by atoms with Crippen LogP contribution >= 0.6 is 0 Å². The topological polar surface area (TPSA) is 62.5 Å². The smallest absolute Gasteiger partial charge is 0.251 e. The maximum absolute atomic E-state index is 12.0. The number of nitrogens with zero attached hydrogens (tertiary/aromatic N) is 4. The normalized spacial score (nSPS) is 15.7. The predicted molar refractivity (Wildman–Crippen MR) is 121 cm³/mol. The van der Waals surface area contributed by atoms with Gasteiger partial charge in [-0.3, -0.25) is 4.79 Å². The number of nitrogens with one attached hydrogen (secondary N) is 1. The summed E-state index contributed by atoms with van der Waals surface area (Å²) in [7, 11) is 1.65. The van der Waals surface area contributed by atoms with Gasteiger partial charge in [-0.15, -0.1) is 0 Å². The first-order valence-electron chi connectivity index (χ1n) is 10.6. The molecule has 0 saturated carbocycles. The van der Waals surface area contributed by atoms with Gasteiger partial charge in [-0.05, 0) is 42.7 Å². The number of hydrogen-bond donors (Lipinski definition) is 1. The van der Waals surface area contributed by atoms with Crippen LogP contribution in [-0.4, -0.2) is 40.4 Å². The fraction of sp³-hybridized carbons (Fsp3) is 0.240. The Kier molecular flexibility index (Phi) is 4.90. The lowest BCUT2D eigenvalue weighted by molar-refractivity contribution is 0.0963. The van der Waals surface area contributed by atoms with E-state index in [-0.39, 0.29) is 11.3 Å². The molecule has 1 saturated heterocycles. The Morgan fingerprint density at radius 2 is 1.81 bits per heavy atom. The van der Waals surface area contributed by atoms with Crippen molar-refractivity contribution in [3.63, 3.8) is 0 Å². The highest BCUT2D eigenvalue weighted by molar-refractivity contribution is 5.94. The van der Waals surface area contributed by atoms with Gasteiger partial charge in [0.2, 0.25) is 0 Å². The molecule has 5 rings (SSSR count). The molecule has 0 unspecified atom stereocenters. The average Bonchev–Trinajstić information content (AvgIpc) is 3.29. The number of carbonyl (C=O) groups excluding carboxylic acids is 1. The summed E-state index contributed by atoms with van der Waals surface area (Å²) in [4.78, 5) is 23.8. The molecule has 0 aliphatic carbocycles. The van der Waals surface area contributed by atoms with Crippen molar-refractivity contribution in [1.82, 2.24) is 19.7 Å². The summed E-state index contributed by atoms with van der Waals surface area (Å²) in [6.45, 7) is 1.68. The number of pyridine rings is 2. The third-order valence-corrected chi connectivity index (χ3v) is 6.36. The predicted octanol–water partition coefficient (Wildman–Crippen LogP) is 3.68. The lowest BCUT2D eigenvalue weighted by Gasteiger charge is -2.42. The molecule has 4 heterocycles. The van der Waals surface area contributed by atoms with Crippen LogP contribution in [0.3, 0.4) is 0 Å². The molecule has 1 aromatic carbocycles. The molecular formula is C25H25N5O. The third-order valence-electron chi connectivity index (χ3n) is 6.36. The van der Waals surface area contributed by atoms with Gasteiger partial charge in [-0.1, -0.05) is 36.4 Å². The molecule has 1 fully saturated rings. The van der Waals surface area contributed by atoms with E-state index < -0.39 is 0 Å². The van der Waals surface area contributed by atoms with Gasteiger partial charge in [-0.25, -0.2) is 9.97 Å². The Balaban J connectivity index is 1.49. The molecule has 0 bridgehead atoms. The van der Waals surface area contributed by atoms with Crippen molar-refractivity contribution in [2.75, 3.05) is 25.0 Å². The molecule has 6 nitrogen and oxygen atoms in total.